The Morgan fingerprint density at radius 1 is 1.17 bits per heavy atom. The van der Waals surface area contributed by atoms with Crippen molar-refractivity contribution in [2.75, 3.05) is 20.1 Å². The monoisotopic (exact) mass is 432 g/mol. The Hall–Kier alpha value is -2.58. The molecule has 0 bridgehead atoms. The van der Waals surface area contributed by atoms with Gasteiger partial charge in [-0.15, -0.1) is 0 Å². The molecule has 1 aliphatic heterocycles. The Morgan fingerprint density at radius 3 is 2.50 bits per heavy atom. The standard InChI is InChI=1S/C22H25FN2O4S/c1-16(26)18-8-10-21(11-9-18)30(28,29)24(2)15-22(27)25-12-4-7-20(25)14-17-5-3-6-19(23)13-17/h3,5-6,8-11,13,20H,4,7,12,14-15H2,1-2H3. The van der Waals surface area contributed by atoms with Crippen LogP contribution in [0.25, 0.3) is 0 Å². The molecule has 1 fully saturated rings. The summed E-state index contributed by atoms with van der Waals surface area (Å²) in [6, 6.07) is 11.9. The molecule has 2 aromatic carbocycles. The predicted molar refractivity (Wildman–Crippen MR) is 111 cm³/mol. The molecule has 1 atom stereocenters. The van der Waals surface area contributed by atoms with Gasteiger partial charge in [0, 0.05) is 25.2 Å². The fraction of sp³-hybridized carbons (Fsp3) is 0.364. The lowest BCUT2D eigenvalue weighted by molar-refractivity contribution is -0.132. The summed E-state index contributed by atoms with van der Waals surface area (Å²) in [6.45, 7) is 1.68. The number of carbonyl (C=O) groups is 2. The summed E-state index contributed by atoms with van der Waals surface area (Å²) in [6.07, 6.45) is 2.16. The van der Waals surface area contributed by atoms with Crippen molar-refractivity contribution in [2.24, 2.45) is 0 Å². The molecule has 0 saturated carbocycles. The molecule has 2 aromatic rings. The Balaban J connectivity index is 1.68. The van der Waals surface area contributed by atoms with Gasteiger partial charge in [-0.25, -0.2) is 12.8 Å². The van der Waals surface area contributed by atoms with Crippen molar-refractivity contribution in [2.45, 2.75) is 37.1 Å². The molecule has 0 spiro atoms. The van der Waals surface area contributed by atoms with Crippen LogP contribution in [0.3, 0.4) is 0 Å². The molecule has 6 nitrogen and oxygen atoms in total. The SMILES string of the molecule is CC(=O)c1ccc(S(=O)(=O)N(C)CC(=O)N2CCCC2Cc2cccc(F)c2)cc1. The Kier molecular flexibility index (Phi) is 6.67. The number of halogens is 1. The molecule has 0 N–H and O–H groups in total. The van der Waals surface area contributed by atoms with Crippen molar-refractivity contribution in [1.82, 2.24) is 9.21 Å². The molecule has 0 aromatic heterocycles. The minimum Gasteiger partial charge on any atom is -0.338 e. The molecule has 30 heavy (non-hydrogen) atoms. The minimum absolute atomic E-state index is 0.0283. The number of benzene rings is 2. The van der Waals surface area contributed by atoms with Gasteiger partial charge in [0.15, 0.2) is 5.78 Å². The summed E-state index contributed by atoms with van der Waals surface area (Å²) in [5.74, 6) is -0.744. The molecule has 160 valence electrons. The molecule has 1 unspecified atom stereocenters. The van der Waals surface area contributed by atoms with Crippen LogP contribution in [0.2, 0.25) is 0 Å². The summed E-state index contributed by atoms with van der Waals surface area (Å²) in [5.41, 5.74) is 1.23. The second-order valence-corrected chi connectivity index (χ2v) is 9.60. The molecule has 3 rings (SSSR count). The van der Waals surface area contributed by atoms with E-state index in [1.165, 1.54) is 50.4 Å². The quantitative estimate of drug-likeness (QED) is 0.631. The lowest BCUT2D eigenvalue weighted by atomic mass is 10.0. The number of carbonyl (C=O) groups excluding carboxylic acids is 2. The van der Waals surface area contributed by atoms with Crippen molar-refractivity contribution in [3.63, 3.8) is 0 Å². The van der Waals surface area contributed by atoms with Gasteiger partial charge in [-0.2, -0.15) is 4.31 Å². The first-order chi connectivity index (χ1) is 14.2. The van der Waals surface area contributed by atoms with Gasteiger partial charge in [-0.3, -0.25) is 9.59 Å². The number of likely N-dealkylation sites (N-methyl/N-ethyl adjacent to an activating group) is 1. The number of Topliss-reactive ketones (excluding diaryl/α,β-unsaturated/α-hetero) is 1. The first-order valence-electron chi connectivity index (χ1n) is 9.80. The van der Waals surface area contributed by atoms with Crippen molar-refractivity contribution >= 4 is 21.7 Å². The normalized spacial score (nSPS) is 16.8. The summed E-state index contributed by atoms with van der Waals surface area (Å²) >= 11 is 0. The first kappa shape index (κ1) is 22.1. The van der Waals surface area contributed by atoms with Crippen LogP contribution < -0.4 is 0 Å². The van der Waals surface area contributed by atoms with E-state index in [2.05, 4.69) is 0 Å². The Labute approximate surface area is 176 Å². The van der Waals surface area contributed by atoms with Gasteiger partial charge < -0.3 is 4.90 Å². The molecule has 0 radical (unpaired) electrons. The van der Waals surface area contributed by atoms with Crippen LogP contribution in [-0.4, -0.2) is 55.5 Å². The molecule has 0 aliphatic carbocycles. The maximum Gasteiger partial charge on any atom is 0.243 e. The minimum atomic E-state index is -3.86. The average molecular weight is 433 g/mol. The molecule has 1 aliphatic rings. The van der Waals surface area contributed by atoms with E-state index in [4.69, 9.17) is 0 Å². The van der Waals surface area contributed by atoms with E-state index in [1.54, 1.807) is 11.0 Å². The van der Waals surface area contributed by atoms with E-state index >= 15 is 0 Å². The summed E-state index contributed by atoms with van der Waals surface area (Å²) in [4.78, 5) is 25.9. The second kappa shape index (κ2) is 9.06. The van der Waals surface area contributed by atoms with Gasteiger partial charge in [-0.05, 0) is 56.0 Å². The number of ketones is 1. The second-order valence-electron chi connectivity index (χ2n) is 7.56. The zero-order valence-corrected chi connectivity index (χ0v) is 17.9. The van der Waals surface area contributed by atoms with Gasteiger partial charge in [0.1, 0.15) is 5.82 Å². The van der Waals surface area contributed by atoms with Gasteiger partial charge in [0.25, 0.3) is 0 Å². The van der Waals surface area contributed by atoms with Gasteiger partial charge in [0.05, 0.1) is 11.4 Å². The van der Waals surface area contributed by atoms with E-state index in [9.17, 15) is 22.4 Å². The highest BCUT2D eigenvalue weighted by atomic mass is 32.2. The highest BCUT2D eigenvalue weighted by Gasteiger charge is 2.31. The number of hydrogen-bond acceptors (Lipinski definition) is 4. The number of likely N-dealkylation sites (tertiary alicyclic amines) is 1. The zero-order valence-electron chi connectivity index (χ0n) is 17.0. The fourth-order valence-corrected chi connectivity index (χ4v) is 4.84. The van der Waals surface area contributed by atoms with Gasteiger partial charge in [-0.1, -0.05) is 24.3 Å². The van der Waals surface area contributed by atoms with Crippen LogP contribution in [0.1, 0.15) is 35.7 Å². The number of nitrogens with zero attached hydrogens (tertiary/aromatic N) is 2. The third kappa shape index (κ3) is 4.94. The van der Waals surface area contributed by atoms with Gasteiger partial charge >= 0.3 is 0 Å². The third-order valence-corrected chi connectivity index (χ3v) is 7.20. The number of sulfonamides is 1. The van der Waals surface area contributed by atoms with E-state index in [0.29, 0.717) is 18.5 Å². The van der Waals surface area contributed by atoms with Crippen molar-refractivity contribution < 1.29 is 22.4 Å². The molecule has 1 saturated heterocycles. The van der Waals surface area contributed by atoms with Crippen LogP contribution in [0.15, 0.2) is 53.4 Å². The Bertz CT molecular complexity index is 1040. The maximum absolute atomic E-state index is 13.5. The third-order valence-electron chi connectivity index (χ3n) is 5.38. The number of amides is 1. The van der Waals surface area contributed by atoms with E-state index in [1.807, 2.05) is 6.07 Å². The summed E-state index contributed by atoms with van der Waals surface area (Å²) in [5, 5.41) is 0. The molecular formula is C22H25FN2O4S. The van der Waals surface area contributed by atoms with Crippen LogP contribution in [0.4, 0.5) is 4.39 Å². The fourth-order valence-electron chi connectivity index (χ4n) is 3.72. The highest BCUT2D eigenvalue weighted by molar-refractivity contribution is 7.89. The van der Waals surface area contributed by atoms with Crippen molar-refractivity contribution in [3.8, 4) is 0 Å². The van der Waals surface area contributed by atoms with Crippen molar-refractivity contribution in [1.29, 1.82) is 0 Å². The lowest BCUT2D eigenvalue weighted by Gasteiger charge is -2.27. The smallest absolute Gasteiger partial charge is 0.243 e. The molecule has 1 amide bonds. The zero-order chi connectivity index (χ0) is 21.9. The summed E-state index contributed by atoms with van der Waals surface area (Å²) in [7, 11) is -2.50. The van der Waals surface area contributed by atoms with E-state index in [-0.39, 0.29) is 35.0 Å². The molecule has 8 heteroatoms. The number of hydrogen-bond donors (Lipinski definition) is 0. The van der Waals surface area contributed by atoms with Crippen LogP contribution in [0, 0.1) is 5.82 Å². The summed E-state index contributed by atoms with van der Waals surface area (Å²) < 4.78 is 40.1. The Morgan fingerprint density at radius 2 is 1.87 bits per heavy atom. The van der Waals surface area contributed by atoms with E-state index < -0.39 is 10.0 Å². The first-order valence-corrected chi connectivity index (χ1v) is 11.2. The highest BCUT2D eigenvalue weighted by Crippen LogP contribution is 2.23. The largest absolute Gasteiger partial charge is 0.338 e. The van der Waals surface area contributed by atoms with Gasteiger partial charge in [0.2, 0.25) is 15.9 Å². The lowest BCUT2D eigenvalue weighted by Crippen LogP contribution is -2.44. The molecular weight excluding hydrogens is 407 g/mol. The average Bonchev–Trinajstić information content (AvgIpc) is 3.16. The van der Waals surface area contributed by atoms with Crippen LogP contribution in [-0.2, 0) is 21.2 Å². The predicted octanol–water partition coefficient (Wildman–Crippen LogP) is 2.88. The maximum atomic E-state index is 13.5. The topological polar surface area (TPSA) is 74.8 Å². The van der Waals surface area contributed by atoms with Crippen LogP contribution in [0.5, 0.6) is 0 Å². The van der Waals surface area contributed by atoms with E-state index in [0.717, 1.165) is 22.7 Å². The molecule has 1 heterocycles. The van der Waals surface area contributed by atoms with Crippen molar-refractivity contribution in [3.05, 3.63) is 65.5 Å². The number of rotatable bonds is 7. The van der Waals surface area contributed by atoms with Crippen LogP contribution >= 0.6 is 0 Å².